The van der Waals surface area contributed by atoms with Crippen LogP contribution in [0.4, 0.5) is 4.39 Å². The number of carbonyl (C=O) groups is 1. The second-order valence-corrected chi connectivity index (χ2v) is 9.48. The lowest BCUT2D eigenvalue weighted by molar-refractivity contribution is 0.0881. The molecule has 0 aliphatic carbocycles. The van der Waals surface area contributed by atoms with Crippen molar-refractivity contribution in [2.45, 2.75) is 26.0 Å². The lowest BCUT2D eigenvalue weighted by Crippen LogP contribution is -2.39. The van der Waals surface area contributed by atoms with Crippen LogP contribution in [-0.4, -0.2) is 33.8 Å². The molecule has 5 aromatic rings. The molecule has 5 rings (SSSR count). The van der Waals surface area contributed by atoms with Crippen LogP contribution in [0.3, 0.4) is 0 Å². The van der Waals surface area contributed by atoms with E-state index in [9.17, 15) is 9.18 Å². The number of carbonyl (C=O) groups excluding carboxylic acids is 1. The highest BCUT2D eigenvalue weighted by Crippen LogP contribution is 2.30. The first-order chi connectivity index (χ1) is 17.9. The average Bonchev–Trinajstić information content (AvgIpc) is 3.54. The molecule has 0 bridgehead atoms. The molecular formula is C28H25FN4O3S. The number of ether oxygens (including phenoxy) is 2. The third-order valence-corrected chi connectivity index (χ3v) is 6.88. The summed E-state index contributed by atoms with van der Waals surface area (Å²) in [6.07, 6.45) is 1.23. The van der Waals surface area contributed by atoms with Crippen molar-refractivity contribution in [3.05, 3.63) is 100 Å². The highest BCUT2D eigenvalue weighted by Gasteiger charge is 2.25. The number of methoxy groups -OCH3 is 1. The van der Waals surface area contributed by atoms with Gasteiger partial charge in [-0.25, -0.2) is 14.1 Å². The van der Waals surface area contributed by atoms with Crippen LogP contribution in [0, 0.1) is 12.7 Å². The number of thiazole rings is 1. The predicted octanol–water partition coefficient (Wildman–Crippen LogP) is 5.88. The maximum atomic E-state index is 13.4. The van der Waals surface area contributed by atoms with Crippen molar-refractivity contribution in [2.24, 2.45) is 0 Å². The summed E-state index contributed by atoms with van der Waals surface area (Å²) in [6.45, 7) is 3.75. The Morgan fingerprint density at radius 2 is 1.89 bits per heavy atom. The molecule has 0 aliphatic rings. The molecule has 0 aliphatic heterocycles. The Labute approximate surface area is 217 Å². The molecule has 0 fully saturated rings. The van der Waals surface area contributed by atoms with Gasteiger partial charge < -0.3 is 14.8 Å². The summed E-state index contributed by atoms with van der Waals surface area (Å²) in [5.41, 5.74) is 3.27. The molecular weight excluding hydrogens is 491 g/mol. The minimum atomic E-state index is -0.510. The van der Waals surface area contributed by atoms with E-state index in [2.05, 4.69) is 15.4 Å². The van der Waals surface area contributed by atoms with E-state index >= 15 is 0 Å². The Morgan fingerprint density at radius 3 is 2.62 bits per heavy atom. The van der Waals surface area contributed by atoms with Crippen LogP contribution in [0.2, 0.25) is 0 Å². The second kappa shape index (κ2) is 10.4. The quantitative estimate of drug-likeness (QED) is 0.279. The van der Waals surface area contributed by atoms with Crippen molar-refractivity contribution in [2.75, 3.05) is 7.11 Å². The molecule has 2 aromatic heterocycles. The Morgan fingerprint density at radius 1 is 1.08 bits per heavy atom. The topological polar surface area (TPSA) is 78.3 Å². The molecule has 188 valence electrons. The van der Waals surface area contributed by atoms with Crippen molar-refractivity contribution in [3.63, 3.8) is 0 Å². The number of rotatable bonds is 8. The number of fused-ring (bicyclic) bond motifs is 1. The number of amides is 1. The lowest BCUT2D eigenvalue weighted by Gasteiger charge is -2.26. The smallest absolute Gasteiger partial charge is 0.280 e. The van der Waals surface area contributed by atoms with Gasteiger partial charge in [0, 0.05) is 16.5 Å². The van der Waals surface area contributed by atoms with Gasteiger partial charge in [-0.3, -0.25) is 4.79 Å². The zero-order chi connectivity index (χ0) is 25.9. The van der Waals surface area contributed by atoms with Gasteiger partial charge in [0.2, 0.25) is 0 Å². The van der Waals surface area contributed by atoms with Gasteiger partial charge in [0.25, 0.3) is 5.91 Å². The minimum Gasteiger partial charge on any atom is -0.497 e. The standard InChI is InChI=1S/C28H25FN4O3S/c1-17-16-37-28(31-17)27(34)32-18(2)26(19-5-4-6-23(13-19)35-3)36-24-11-12-25-20(14-24)15-30-33(25)22-9-7-21(29)8-10-22/h4-16,18,26H,1-3H3,(H,32,34)/t18-,26-/m0/s1. The van der Waals surface area contributed by atoms with Gasteiger partial charge in [-0.2, -0.15) is 5.10 Å². The van der Waals surface area contributed by atoms with E-state index in [1.54, 1.807) is 30.1 Å². The molecule has 2 atom stereocenters. The molecule has 7 nitrogen and oxygen atoms in total. The minimum absolute atomic E-state index is 0.252. The number of aromatic nitrogens is 3. The van der Waals surface area contributed by atoms with E-state index in [4.69, 9.17) is 9.47 Å². The molecule has 3 aromatic carbocycles. The number of nitrogens with one attached hydrogen (secondary N) is 1. The fraction of sp³-hybridized carbons (Fsp3) is 0.179. The van der Waals surface area contributed by atoms with Crippen LogP contribution in [-0.2, 0) is 0 Å². The molecule has 9 heteroatoms. The Hall–Kier alpha value is -4.24. The summed E-state index contributed by atoms with van der Waals surface area (Å²) >= 11 is 1.31. The molecule has 0 saturated heterocycles. The summed E-state index contributed by atoms with van der Waals surface area (Å²) in [5.74, 6) is 0.755. The summed E-state index contributed by atoms with van der Waals surface area (Å²) in [4.78, 5) is 17.1. The fourth-order valence-corrected chi connectivity index (χ4v) is 4.80. The van der Waals surface area contributed by atoms with Gasteiger partial charge >= 0.3 is 0 Å². The largest absolute Gasteiger partial charge is 0.497 e. The van der Waals surface area contributed by atoms with Crippen LogP contribution in [0.5, 0.6) is 11.5 Å². The molecule has 0 radical (unpaired) electrons. The predicted molar refractivity (Wildman–Crippen MR) is 141 cm³/mol. The van der Waals surface area contributed by atoms with Crippen LogP contribution in [0.25, 0.3) is 16.6 Å². The fourth-order valence-electron chi connectivity index (χ4n) is 4.10. The molecule has 37 heavy (non-hydrogen) atoms. The van der Waals surface area contributed by atoms with E-state index in [-0.39, 0.29) is 17.8 Å². The summed E-state index contributed by atoms with van der Waals surface area (Å²) in [7, 11) is 1.61. The summed E-state index contributed by atoms with van der Waals surface area (Å²) in [5, 5.41) is 10.6. The monoisotopic (exact) mass is 516 g/mol. The van der Waals surface area contributed by atoms with E-state index < -0.39 is 6.10 Å². The van der Waals surface area contributed by atoms with Crippen molar-refractivity contribution in [1.29, 1.82) is 0 Å². The highest BCUT2D eigenvalue weighted by molar-refractivity contribution is 7.11. The third kappa shape index (κ3) is 5.31. The first kappa shape index (κ1) is 24.5. The Bertz CT molecular complexity index is 1550. The van der Waals surface area contributed by atoms with Gasteiger partial charge in [0.1, 0.15) is 23.4 Å². The molecule has 1 amide bonds. The van der Waals surface area contributed by atoms with Gasteiger partial charge in [0.15, 0.2) is 5.01 Å². The van der Waals surface area contributed by atoms with E-state index in [0.29, 0.717) is 16.5 Å². The first-order valence-corrected chi connectivity index (χ1v) is 12.6. The zero-order valence-electron chi connectivity index (χ0n) is 20.5. The van der Waals surface area contributed by atoms with Gasteiger partial charge in [0.05, 0.1) is 30.6 Å². The maximum Gasteiger partial charge on any atom is 0.280 e. The highest BCUT2D eigenvalue weighted by atomic mass is 32.1. The SMILES string of the molecule is COc1cccc([C@@H](Oc2ccc3c(cnn3-c3ccc(F)cc3)c2)[C@H](C)NC(=O)c2nc(C)cs2)c1. The Balaban J connectivity index is 1.44. The molecule has 0 spiro atoms. The number of benzene rings is 3. The van der Waals surface area contributed by atoms with E-state index in [1.807, 2.05) is 61.7 Å². The van der Waals surface area contributed by atoms with E-state index in [0.717, 1.165) is 27.8 Å². The molecule has 2 heterocycles. The van der Waals surface area contributed by atoms with Crippen LogP contribution < -0.4 is 14.8 Å². The Kier molecular flexibility index (Phi) is 6.87. The van der Waals surface area contributed by atoms with Crippen LogP contribution in [0.15, 0.2) is 78.3 Å². The van der Waals surface area contributed by atoms with Crippen molar-refractivity contribution in [1.82, 2.24) is 20.1 Å². The number of halogens is 1. The number of aryl methyl sites for hydroxylation is 1. The number of nitrogens with zero attached hydrogens (tertiary/aromatic N) is 3. The third-order valence-electron chi connectivity index (χ3n) is 5.92. The average molecular weight is 517 g/mol. The zero-order valence-corrected chi connectivity index (χ0v) is 21.3. The summed E-state index contributed by atoms with van der Waals surface area (Å²) < 4.78 is 27.0. The molecule has 1 N–H and O–H groups in total. The number of hydrogen-bond acceptors (Lipinski definition) is 6. The van der Waals surface area contributed by atoms with Gasteiger partial charge in [-0.05, 0) is 74.0 Å². The normalized spacial score (nSPS) is 12.8. The first-order valence-electron chi connectivity index (χ1n) is 11.7. The summed E-state index contributed by atoms with van der Waals surface area (Å²) in [6, 6.07) is 19.0. The van der Waals surface area contributed by atoms with Crippen molar-refractivity contribution >= 4 is 28.1 Å². The lowest BCUT2D eigenvalue weighted by atomic mass is 10.0. The van der Waals surface area contributed by atoms with Gasteiger partial charge in [-0.15, -0.1) is 11.3 Å². The van der Waals surface area contributed by atoms with Crippen molar-refractivity contribution < 1.29 is 18.7 Å². The molecule has 0 saturated carbocycles. The molecule has 0 unspecified atom stereocenters. The second-order valence-electron chi connectivity index (χ2n) is 8.62. The maximum absolute atomic E-state index is 13.4. The van der Waals surface area contributed by atoms with Crippen LogP contribution in [0.1, 0.15) is 34.1 Å². The van der Waals surface area contributed by atoms with Gasteiger partial charge in [-0.1, -0.05) is 12.1 Å². The van der Waals surface area contributed by atoms with Crippen LogP contribution >= 0.6 is 11.3 Å². The van der Waals surface area contributed by atoms with E-state index in [1.165, 1.54) is 23.5 Å². The van der Waals surface area contributed by atoms with Crippen molar-refractivity contribution in [3.8, 4) is 17.2 Å². The number of hydrogen-bond donors (Lipinski definition) is 1.